The van der Waals surface area contributed by atoms with Crippen molar-refractivity contribution in [3.8, 4) is 11.4 Å². The van der Waals surface area contributed by atoms with Gasteiger partial charge in [-0.3, -0.25) is 5.10 Å². The molecule has 0 radical (unpaired) electrons. The summed E-state index contributed by atoms with van der Waals surface area (Å²) in [4.78, 5) is 13.7. The van der Waals surface area contributed by atoms with Crippen molar-refractivity contribution in [1.82, 2.24) is 25.1 Å². The number of nitrogens with zero attached hydrogens (tertiary/aromatic N) is 5. The number of aromatic amines is 1. The summed E-state index contributed by atoms with van der Waals surface area (Å²) in [5, 5.41) is 7.60. The topological polar surface area (TPSA) is 70.2 Å². The van der Waals surface area contributed by atoms with Crippen molar-refractivity contribution in [1.29, 1.82) is 0 Å². The molecule has 7 nitrogen and oxygen atoms in total. The van der Waals surface area contributed by atoms with Gasteiger partial charge in [-0.15, -0.1) is 0 Å². The largest absolute Gasteiger partial charge is 0.488 e. The highest BCUT2D eigenvalue weighted by Crippen LogP contribution is 2.40. The lowest BCUT2D eigenvalue weighted by Crippen LogP contribution is -2.50. The lowest BCUT2D eigenvalue weighted by Gasteiger charge is -2.38. The smallest absolute Gasteiger partial charge is 0.132 e. The van der Waals surface area contributed by atoms with Crippen molar-refractivity contribution in [2.45, 2.75) is 45.3 Å². The molecule has 3 heterocycles. The highest BCUT2D eigenvalue weighted by molar-refractivity contribution is 5.67. The quantitative estimate of drug-likeness (QED) is 0.598. The molecule has 1 aliphatic carbocycles. The molecule has 29 heavy (non-hydrogen) atoms. The third kappa shape index (κ3) is 4.34. The fraction of sp³-hybridized carbons (Fsp3) is 0.500. The van der Waals surface area contributed by atoms with Crippen LogP contribution in [0.1, 0.15) is 37.9 Å². The van der Waals surface area contributed by atoms with Crippen LogP contribution in [0.15, 0.2) is 30.8 Å². The molecule has 2 fully saturated rings. The number of hydrogen-bond donors (Lipinski definition) is 1. The van der Waals surface area contributed by atoms with E-state index in [0.29, 0.717) is 11.8 Å². The van der Waals surface area contributed by atoms with Crippen LogP contribution in [0, 0.1) is 6.92 Å². The summed E-state index contributed by atoms with van der Waals surface area (Å²) in [5.74, 6) is 1.63. The Bertz CT molecular complexity index is 929. The minimum atomic E-state index is -0.0201. The van der Waals surface area contributed by atoms with Gasteiger partial charge < -0.3 is 14.5 Å². The molecule has 0 spiro atoms. The summed E-state index contributed by atoms with van der Waals surface area (Å²) in [6, 6.07) is 2.53. The standard InChI is InChI=1S/C22H30N6O/c1-15-13-28(11-10-27(15)5)20-12-19(23-14-24-20)21-17(3)18(25-26-21)7-6-16(2)29-22(4)8-9-22/h6-7,12,14-15H,2,8-11,13H2,1,3-5H3,(H,25,26)/b7-6-/t15-/m0/s1. The normalized spacial score (nSPS) is 21.5. The number of hydrogen-bond acceptors (Lipinski definition) is 6. The maximum atomic E-state index is 5.86. The first-order valence-electron chi connectivity index (χ1n) is 10.2. The van der Waals surface area contributed by atoms with E-state index in [1.165, 1.54) is 0 Å². The average molecular weight is 395 g/mol. The molecule has 2 aliphatic rings. The Morgan fingerprint density at radius 2 is 2.14 bits per heavy atom. The fourth-order valence-electron chi connectivity index (χ4n) is 3.53. The van der Waals surface area contributed by atoms with Gasteiger partial charge in [-0.25, -0.2) is 9.97 Å². The van der Waals surface area contributed by atoms with Gasteiger partial charge in [-0.05, 0) is 52.8 Å². The molecular weight excluding hydrogens is 364 g/mol. The van der Waals surface area contributed by atoms with Crippen LogP contribution in [0.5, 0.6) is 0 Å². The molecule has 0 aromatic carbocycles. The molecule has 0 bridgehead atoms. The van der Waals surface area contributed by atoms with E-state index in [-0.39, 0.29) is 5.60 Å². The number of piperazine rings is 1. The third-order valence-electron chi connectivity index (χ3n) is 5.99. The Kier molecular flexibility index (Phi) is 5.17. The van der Waals surface area contributed by atoms with E-state index in [0.717, 1.165) is 60.9 Å². The average Bonchev–Trinajstić information content (AvgIpc) is 3.30. The van der Waals surface area contributed by atoms with Gasteiger partial charge in [0.2, 0.25) is 0 Å². The zero-order valence-corrected chi connectivity index (χ0v) is 17.8. The number of ether oxygens (including phenoxy) is 1. The first-order valence-corrected chi connectivity index (χ1v) is 10.2. The monoisotopic (exact) mass is 394 g/mol. The van der Waals surface area contributed by atoms with Crippen molar-refractivity contribution in [2.75, 3.05) is 31.6 Å². The maximum Gasteiger partial charge on any atom is 0.132 e. The number of rotatable bonds is 6. The van der Waals surface area contributed by atoms with E-state index in [1.54, 1.807) is 6.33 Å². The Morgan fingerprint density at radius 3 is 2.86 bits per heavy atom. The fourth-order valence-corrected chi connectivity index (χ4v) is 3.53. The van der Waals surface area contributed by atoms with Crippen LogP contribution in [0.4, 0.5) is 5.82 Å². The summed E-state index contributed by atoms with van der Waals surface area (Å²) in [6.07, 6.45) is 7.67. The van der Waals surface area contributed by atoms with Crippen molar-refractivity contribution >= 4 is 11.9 Å². The predicted octanol–water partition coefficient (Wildman–Crippen LogP) is 3.41. The van der Waals surface area contributed by atoms with E-state index < -0.39 is 0 Å². The SMILES string of the molecule is C=C(/C=C\c1[nH]nc(-c2cc(N3CCN(C)[C@@H](C)C3)ncn2)c1C)OC1(C)CC1. The van der Waals surface area contributed by atoms with Gasteiger partial charge in [0.1, 0.15) is 29.2 Å². The number of nitrogens with one attached hydrogen (secondary N) is 1. The summed E-state index contributed by atoms with van der Waals surface area (Å²) in [6.45, 7) is 13.3. The number of aromatic nitrogens is 4. The van der Waals surface area contributed by atoms with Gasteiger partial charge in [0.05, 0.1) is 11.4 Å². The molecule has 0 amide bonds. The van der Waals surface area contributed by atoms with Crippen molar-refractivity contribution in [3.05, 3.63) is 42.1 Å². The van der Waals surface area contributed by atoms with Crippen molar-refractivity contribution in [2.24, 2.45) is 0 Å². The molecular formula is C22H30N6O. The molecule has 1 saturated carbocycles. The Labute approximate surface area is 172 Å². The van der Waals surface area contributed by atoms with Gasteiger partial charge in [0.15, 0.2) is 0 Å². The van der Waals surface area contributed by atoms with Crippen LogP contribution in [-0.2, 0) is 4.74 Å². The molecule has 2 aromatic heterocycles. The van der Waals surface area contributed by atoms with Gasteiger partial charge in [0, 0.05) is 37.3 Å². The van der Waals surface area contributed by atoms with Crippen LogP contribution in [0.25, 0.3) is 17.5 Å². The molecule has 1 N–H and O–H groups in total. The highest BCUT2D eigenvalue weighted by Gasteiger charge is 2.39. The van der Waals surface area contributed by atoms with E-state index in [2.05, 4.69) is 57.4 Å². The molecule has 4 rings (SSSR count). The maximum absolute atomic E-state index is 5.86. The zero-order chi connectivity index (χ0) is 20.6. The number of allylic oxidation sites excluding steroid dienone is 1. The second-order valence-electron chi connectivity index (χ2n) is 8.50. The molecule has 2 aromatic rings. The minimum absolute atomic E-state index is 0.0201. The van der Waals surface area contributed by atoms with Crippen molar-refractivity contribution in [3.63, 3.8) is 0 Å². The second-order valence-corrected chi connectivity index (χ2v) is 8.50. The van der Waals surface area contributed by atoms with Crippen LogP contribution in [-0.4, -0.2) is 63.4 Å². The lowest BCUT2D eigenvalue weighted by molar-refractivity contribution is 0.121. The first-order chi connectivity index (χ1) is 13.8. The third-order valence-corrected chi connectivity index (χ3v) is 5.99. The summed E-state index contributed by atoms with van der Waals surface area (Å²) >= 11 is 0. The Hall–Kier alpha value is -2.67. The zero-order valence-electron chi connectivity index (χ0n) is 17.8. The summed E-state index contributed by atoms with van der Waals surface area (Å²) < 4.78 is 5.86. The van der Waals surface area contributed by atoms with Crippen LogP contribution < -0.4 is 4.90 Å². The van der Waals surface area contributed by atoms with E-state index >= 15 is 0 Å². The number of anilines is 1. The molecule has 7 heteroatoms. The van der Waals surface area contributed by atoms with E-state index in [1.807, 2.05) is 25.1 Å². The lowest BCUT2D eigenvalue weighted by atomic mass is 10.1. The van der Waals surface area contributed by atoms with Gasteiger partial charge in [-0.2, -0.15) is 5.10 Å². The summed E-state index contributed by atoms with van der Waals surface area (Å²) in [7, 11) is 2.17. The van der Waals surface area contributed by atoms with E-state index in [9.17, 15) is 0 Å². The molecule has 1 aliphatic heterocycles. The Balaban J connectivity index is 1.50. The first kappa shape index (κ1) is 19.6. The number of likely N-dealkylation sites (N-methyl/N-ethyl adjacent to an activating group) is 1. The van der Waals surface area contributed by atoms with E-state index in [4.69, 9.17) is 4.74 Å². The summed E-state index contributed by atoms with van der Waals surface area (Å²) in [5.41, 5.74) is 3.63. The molecule has 0 unspecified atom stereocenters. The Morgan fingerprint density at radius 1 is 1.34 bits per heavy atom. The van der Waals surface area contributed by atoms with Crippen molar-refractivity contribution < 1.29 is 4.74 Å². The van der Waals surface area contributed by atoms with Gasteiger partial charge in [-0.1, -0.05) is 6.58 Å². The molecule has 1 atom stereocenters. The number of H-pyrrole nitrogens is 1. The minimum Gasteiger partial charge on any atom is -0.488 e. The molecule has 154 valence electrons. The van der Waals surface area contributed by atoms with Gasteiger partial charge >= 0.3 is 0 Å². The second kappa shape index (κ2) is 7.63. The highest BCUT2D eigenvalue weighted by atomic mass is 16.5. The molecule has 1 saturated heterocycles. The van der Waals surface area contributed by atoms with Crippen LogP contribution >= 0.6 is 0 Å². The van der Waals surface area contributed by atoms with Gasteiger partial charge in [0.25, 0.3) is 0 Å². The van der Waals surface area contributed by atoms with Crippen LogP contribution in [0.3, 0.4) is 0 Å². The van der Waals surface area contributed by atoms with Crippen LogP contribution in [0.2, 0.25) is 0 Å². The predicted molar refractivity (Wildman–Crippen MR) is 116 cm³/mol.